The average Bonchev–Trinajstić information content (AvgIpc) is 2.28. The summed E-state index contributed by atoms with van der Waals surface area (Å²) in [7, 11) is 0. The standard InChI is InChI=1S/C14H28N2O/c1-6-13(10(2)3)9-14(17)16-8-7-15-11(4)12(16)5/h10-13,15H,6-9H2,1-5H3. The van der Waals surface area contributed by atoms with Crippen molar-refractivity contribution in [1.82, 2.24) is 10.2 Å². The fraction of sp³-hybridized carbons (Fsp3) is 0.929. The minimum Gasteiger partial charge on any atom is -0.337 e. The van der Waals surface area contributed by atoms with Crippen molar-refractivity contribution < 1.29 is 4.79 Å². The zero-order chi connectivity index (χ0) is 13.0. The Morgan fingerprint density at radius 1 is 1.41 bits per heavy atom. The van der Waals surface area contributed by atoms with Crippen LogP contribution in [-0.4, -0.2) is 36.0 Å². The first-order valence-electron chi connectivity index (χ1n) is 7.00. The Hall–Kier alpha value is -0.570. The second-order valence-corrected chi connectivity index (χ2v) is 5.69. The third-order valence-electron chi connectivity index (χ3n) is 4.26. The topological polar surface area (TPSA) is 32.3 Å². The predicted molar refractivity (Wildman–Crippen MR) is 71.9 cm³/mol. The molecule has 1 amide bonds. The molecule has 0 spiro atoms. The van der Waals surface area contributed by atoms with Gasteiger partial charge in [-0.2, -0.15) is 0 Å². The van der Waals surface area contributed by atoms with E-state index in [1.165, 1.54) is 0 Å². The summed E-state index contributed by atoms with van der Waals surface area (Å²) >= 11 is 0. The number of nitrogens with one attached hydrogen (secondary N) is 1. The first kappa shape index (κ1) is 14.5. The van der Waals surface area contributed by atoms with E-state index in [-0.39, 0.29) is 0 Å². The van der Waals surface area contributed by atoms with Crippen molar-refractivity contribution in [1.29, 1.82) is 0 Å². The molecule has 0 bridgehead atoms. The van der Waals surface area contributed by atoms with Crippen LogP contribution in [0.3, 0.4) is 0 Å². The number of carbonyl (C=O) groups is 1. The Balaban J connectivity index is 2.56. The highest BCUT2D eigenvalue weighted by atomic mass is 16.2. The summed E-state index contributed by atoms with van der Waals surface area (Å²) in [4.78, 5) is 14.4. The van der Waals surface area contributed by atoms with Gasteiger partial charge in [-0.1, -0.05) is 27.2 Å². The molecule has 3 atom stereocenters. The van der Waals surface area contributed by atoms with Gasteiger partial charge in [0.2, 0.25) is 5.91 Å². The van der Waals surface area contributed by atoms with Gasteiger partial charge in [0.05, 0.1) is 0 Å². The Kier molecular flexibility index (Phi) is 5.44. The van der Waals surface area contributed by atoms with Crippen LogP contribution in [0.2, 0.25) is 0 Å². The monoisotopic (exact) mass is 240 g/mol. The van der Waals surface area contributed by atoms with Crippen LogP contribution >= 0.6 is 0 Å². The van der Waals surface area contributed by atoms with Crippen LogP contribution in [0.5, 0.6) is 0 Å². The fourth-order valence-corrected chi connectivity index (χ4v) is 2.60. The third-order valence-corrected chi connectivity index (χ3v) is 4.26. The molecule has 1 fully saturated rings. The van der Waals surface area contributed by atoms with E-state index in [0.29, 0.717) is 36.2 Å². The molecule has 0 aromatic heterocycles. The lowest BCUT2D eigenvalue weighted by Gasteiger charge is -2.39. The van der Waals surface area contributed by atoms with Crippen molar-refractivity contribution >= 4 is 5.91 Å². The highest BCUT2D eigenvalue weighted by molar-refractivity contribution is 5.77. The quantitative estimate of drug-likeness (QED) is 0.817. The molecule has 0 aromatic rings. The maximum Gasteiger partial charge on any atom is 0.223 e. The summed E-state index contributed by atoms with van der Waals surface area (Å²) in [5.41, 5.74) is 0. The molecule has 0 saturated carbocycles. The van der Waals surface area contributed by atoms with Gasteiger partial charge < -0.3 is 10.2 Å². The molecule has 17 heavy (non-hydrogen) atoms. The van der Waals surface area contributed by atoms with Gasteiger partial charge in [-0.3, -0.25) is 4.79 Å². The summed E-state index contributed by atoms with van der Waals surface area (Å²) in [6, 6.07) is 0.729. The molecule has 0 aromatic carbocycles. The van der Waals surface area contributed by atoms with E-state index in [2.05, 4.69) is 44.8 Å². The number of rotatable bonds is 4. The molecule has 0 aliphatic carbocycles. The number of hydrogen-bond acceptors (Lipinski definition) is 2. The Morgan fingerprint density at radius 3 is 2.59 bits per heavy atom. The van der Waals surface area contributed by atoms with Crippen LogP contribution in [-0.2, 0) is 4.79 Å². The average molecular weight is 240 g/mol. The van der Waals surface area contributed by atoms with Crippen LogP contribution in [0.4, 0.5) is 0 Å². The van der Waals surface area contributed by atoms with Crippen molar-refractivity contribution in [2.45, 2.75) is 59.5 Å². The molecule has 1 aliphatic rings. The zero-order valence-electron chi connectivity index (χ0n) is 12.0. The number of hydrogen-bond donors (Lipinski definition) is 1. The second kappa shape index (κ2) is 6.39. The van der Waals surface area contributed by atoms with Gasteiger partial charge in [0.1, 0.15) is 0 Å². The summed E-state index contributed by atoms with van der Waals surface area (Å²) in [6.07, 6.45) is 1.81. The van der Waals surface area contributed by atoms with E-state index in [9.17, 15) is 4.79 Å². The first-order chi connectivity index (χ1) is 7.97. The van der Waals surface area contributed by atoms with Crippen LogP contribution in [0, 0.1) is 11.8 Å². The van der Waals surface area contributed by atoms with Gasteiger partial charge in [-0.25, -0.2) is 0 Å². The van der Waals surface area contributed by atoms with Crippen LogP contribution in [0.1, 0.15) is 47.5 Å². The Labute approximate surface area is 106 Å². The maximum absolute atomic E-state index is 12.3. The number of amides is 1. The van der Waals surface area contributed by atoms with Crippen molar-refractivity contribution in [2.24, 2.45) is 11.8 Å². The van der Waals surface area contributed by atoms with Crippen LogP contribution in [0.25, 0.3) is 0 Å². The molecule has 0 radical (unpaired) electrons. The van der Waals surface area contributed by atoms with E-state index in [0.717, 1.165) is 19.5 Å². The lowest BCUT2D eigenvalue weighted by Crippen LogP contribution is -2.57. The molecule has 3 unspecified atom stereocenters. The highest BCUT2D eigenvalue weighted by Gasteiger charge is 2.29. The van der Waals surface area contributed by atoms with Gasteiger partial charge >= 0.3 is 0 Å². The molecule has 3 heteroatoms. The second-order valence-electron chi connectivity index (χ2n) is 5.69. The van der Waals surface area contributed by atoms with Crippen molar-refractivity contribution in [3.05, 3.63) is 0 Å². The first-order valence-corrected chi connectivity index (χ1v) is 7.00. The van der Waals surface area contributed by atoms with Gasteiger partial charge in [-0.15, -0.1) is 0 Å². The van der Waals surface area contributed by atoms with Gasteiger partial charge in [0.25, 0.3) is 0 Å². The molecule has 3 nitrogen and oxygen atoms in total. The molecular weight excluding hydrogens is 212 g/mol. The van der Waals surface area contributed by atoms with Crippen LogP contribution < -0.4 is 5.32 Å². The smallest absolute Gasteiger partial charge is 0.223 e. The van der Waals surface area contributed by atoms with E-state index in [4.69, 9.17) is 0 Å². The Morgan fingerprint density at radius 2 is 2.06 bits per heavy atom. The number of carbonyl (C=O) groups excluding carboxylic acids is 1. The largest absolute Gasteiger partial charge is 0.337 e. The van der Waals surface area contributed by atoms with Gasteiger partial charge in [0, 0.05) is 31.6 Å². The number of nitrogens with zero attached hydrogens (tertiary/aromatic N) is 1. The molecule has 1 rings (SSSR count). The molecule has 1 N–H and O–H groups in total. The summed E-state index contributed by atoms with van der Waals surface area (Å²) in [6.45, 7) is 12.7. The lowest BCUT2D eigenvalue weighted by atomic mass is 9.89. The Bertz CT molecular complexity index is 253. The van der Waals surface area contributed by atoms with E-state index >= 15 is 0 Å². The van der Waals surface area contributed by atoms with Gasteiger partial charge in [-0.05, 0) is 25.7 Å². The van der Waals surface area contributed by atoms with Crippen molar-refractivity contribution in [3.8, 4) is 0 Å². The van der Waals surface area contributed by atoms with Crippen molar-refractivity contribution in [3.63, 3.8) is 0 Å². The maximum atomic E-state index is 12.3. The van der Waals surface area contributed by atoms with E-state index in [1.807, 2.05) is 0 Å². The van der Waals surface area contributed by atoms with Gasteiger partial charge in [0.15, 0.2) is 0 Å². The summed E-state index contributed by atoms with van der Waals surface area (Å²) in [5.74, 6) is 1.46. The number of piperazine rings is 1. The fourth-order valence-electron chi connectivity index (χ4n) is 2.60. The SMILES string of the molecule is CCC(CC(=O)N1CCNC(C)C1C)C(C)C. The third kappa shape index (κ3) is 3.70. The summed E-state index contributed by atoms with van der Waals surface area (Å²) in [5, 5.41) is 3.41. The zero-order valence-corrected chi connectivity index (χ0v) is 12.0. The van der Waals surface area contributed by atoms with E-state index < -0.39 is 0 Å². The predicted octanol–water partition coefficient (Wildman–Crippen LogP) is 2.27. The van der Waals surface area contributed by atoms with Crippen molar-refractivity contribution in [2.75, 3.05) is 13.1 Å². The summed E-state index contributed by atoms with van der Waals surface area (Å²) < 4.78 is 0. The normalized spacial score (nSPS) is 27.3. The lowest BCUT2D eigenvalue weighted by molar-refractivity contribution is -0.136. The van der Waals surface area contributed by atoms with Crippen LogP contribution in [0.15, 0.2) is 0 Å². The minimum atomic E-state index is 0.320. The van der Waals surface area contributed by atoms with E-state index in [1.54, 1.807) is 0 Å². The molecule has 1 saturated heterocycles. The molecule has 100 valence electrons. The minimum absolute atomic E-state index is 0.320. The highest BCUT2D eigenvalue weighted by Crippen LogP contribution is 2.21. The molecule has 1 aliphatic heterocycles. The molecular formula is C14H28N2O. The molecule has 1 heterocycles.